The first-order valence-corrected chi connectivity index (χ1v) is 8.96. The molecule has 1 aliphatic heterocycles. The van der Waals surface area contributed by atoms with Crippen LogP contribution in [-0.2, 0) is 5.26 Å². The average molecular weight is 379 g/mol. The molecule has 2 radical (unpaired) electrons. The van der Waals surface area contributed by atoms with Crippen molar-refractivity contribution in [3.05, 3.63) is 64.2 Å². The second-order valence-corrected chi connectivity index (χ2v) is 6.91. The largest absolute Gasteiger partial charge is 0.384 e. The summed E-state index contributed by atoms with van der Waals surface area (Å²) in [6, 6.07) is 10.3. The normalized spacial score (nSPS) is 16.1. The van der Waals surface area contributed by atoms with Crippen molar-refractivity contribution in [3.63, 3.8) is 0 Å². The van der Waals surface area contributed by atoms with E-state index in [0.717, 1.165) is 6.42 Å². The van der Waals surface area contributed by atoms with Crippen molar-refractivity contribution in [2.45, 2.75) is 32.7 Å². The fourth-order valence-electron chi connectivity index (χ4n) is 3.47. The van der Waals surface area contributed by atoms with Crippen LogP contribution < -0.4 is 10.6 Å². The highest BCUT2D eigenvalue weighted by atomic mass is 17.1. The summed E-state index contributed by atoms with van der Waals surface area (Å²) in [5, 5.41) is 18.2. The van der Waals surface area contributed by atoms with Crippen LogP contribution in [0.15, 0.2) is 30.3 Å². The zero-order valence-corrected chi connectivity index (χ0v) is 15.7. The lowest BCUT2D eigenvalue weighted by Crippen LogP contribution is -2.40. The molecule has 3 rings (SSSR count). The van der Waals surface area contributed by atoms with Crippen LogP contribution >= 0.6 is 0 Å². The number of nitrogens with two attached hydrogens (primary N) is 1. The number of carbonyl (C=O) groups excluding carboxylic acids is 2. The predicted molar refractivity (Wildman–Crippen MR) is 102 cm³/mol. The van der Waals surface area contributed by atoms with E-state index in [0.29, 0.717) is 40.8 Å². The molecular formula is C21H21N3O4. The Morgan fingerprint density at radius 2 is 1.86 bits per heavy atom. The van der Waals surface area contributed by atoms with Gasteiger partial charge in [-0.1, -0.05) is 12.1 Å². The number of benzene rings is 2. The molecule has 0 aliphatic carbocycles. The van der Waals surface area contributed by atoms with Crippen molar-refractivity contribution in [1.82, 2.24) is 4.90 Å². The molecule has 0 aromatic heterocycles. The third-order valence-corrected chi connectivity index (χ3v) is 5.02. The maximum Gasteiger partial charge on any atom is 0.254 e. The molecule has 1 saturated heterocycles. The molecule has 1 atom stereocenters. The minimum absolute atomic E-state index is 0.0693. The number of nitrogens with zero attached hydrogens (tertiary/aromatic N) is 1. The van der Waals surface area contributed by atoms with Gasteiger partial charge in [-0.3, -0.25) is 15.0 Å². The molecule has 1 amide bonds. The van der Waals surface area contributed by atoms with Crippen LogP contribution in [0.4, 0.5) is 0 Å². The third-order valence-electron chi connectivity index (χ3n) is 5.02. The molecule has 0 spiro atoms. The summed E-state index contributed by atoms with van der Waals surface area (Å²) in [6.45, 7) is 3.86. The molecule has 28 heavy (non-hydrogen) atoms. The van der Waals surface area contributed by atoms with Gasteiger partial charge < -0.3 is 15.5 Å². The smallest absolute Gasteiger partial charge is 0.254 e. The number of ketones is 1. The SMILES string of the molecule is Cc1[c]c(C(=O)C2CCCN2C(=O)c2ccc(C(=N)N)cc2)c(C)cc1O[O]. The standard InChI is InChI=1S/C21H21N3O4/c1-12-11-18(28-27)13(2)10-16(12)19(25)17-4-3-9-24(17)21(26)15-7-5-14(6-8-15)20(22)23/h5-8,11,17H,3-4,9H2,1-2H3,(H3,22,23). The molecule has 0 bridgehead atoms. The monoisotopic (exact) mass is 379 g/mol. The van der Waals surface area contributed by atoms with E-state index in [1.165, 1.54) is 6.07 Å². The minimum Gasteiger partial charge on any atom is -0.384 e. The topological polar surface area (TPSA) is 116 Å². The van der Waals surface area contributed by atoms with E-state index in [-0.39, 0.29) is 23.3 Å². The first-order chi connectivity index (χ1) is 13.3. The summed E-state index contributed by atoms with van der Waals surface area (Å²) < 4.78 is 0. The van der Waals surface area contributed by atoms with Gasteiger partial charge in [-0.15, -0.1) is 0 Å². The second kappa shape index (κ2) is 7.82. The Labute approximate surface area is 163 Å². The van der Waals surface area contributed by atoms with Crippen LogP contribution in [0.25, 0.3) is 0 Å². The van der Waals surface area contributed by atoms with Crippen LogP contribution in [-0.4, -0.2) is 35.0 Å². The predicted octanol–water partition coefficient (Wildman–Crippen LogP) is 2.60. The Hall–Kier alpha value is -3.19. The second-order valence-electron chi connectivity index (χ2n) is 6.91. The van der Waals surface area contributed by atoms with Crippen molar-refractivity contribution in [1.29, 1.82) is 5.41 Å². The number of rotatable bonds is 5. The summed E-state index contributed by atoms with van der Waals surface area (Å²) >= 11 is 0. The summed E-state index contributed by atoms with van der Waals surface area (Å²) in [5.74, 6) is -0.358. The van der Waals surface area contributed by atoms with E-state index in [2.05, 4.69) is 11.0 Å². The molecule has 1 aliphatic rings. The Morgan fingerprint density at radius 1 is 1.21 bits per heavy atom. The number of amides is 1. The van der Waals surface area contributed by atoms with Gasteiger partial charge in [-0.05, 0) is 50.5 Å². The van der Waals surface area contributed by atoms with Crippen molar-refractivity contribution < 1.29 is 19.7 Å². The van der Waals surface area contributed by atoms with Crippen LogP contribution in [0.3, 0.4) is 0 Å². The summed E-state index contributed by atoms with van der Waals surface area (Å²) in [6.07, 6.45) is 1.30. The van der Waals surface area contributed by atoms with Crippen molar-refractivity contribution in [2.75, 3.05) is 6.54 Å². The van der Waals surface area contributed by atoms with Crippen molar-refractivity contribution >= 4 is 17.5 Å². The van der Waals surface area contributed by atoms with Gasteiger partial charge in [0.15, 0.2) is 11.5 Å². The van der Waals surface area contributed by atoms with E-state index in [1.54, 1.807) is 43.0 Å². The Bertz CT molecular complexity index is 937. The van der Waals surface area contributed by atoms with Crippen molar-refractivity contribution in [2.24, 2.45) is 5.73 Å². The number of likely N-dealkylation sites (tertiary alicyclic amines) is 1. The fraction of sp³-hybridized carbons (Fsp3) is 0.286. The Morgan fingerprint density at radius 3 is 2.46 bits per heavy atom. The number of carbonyl (C=O) groups is 2. The summed E-state index contributed by atoms with van der Waals surface area (Å²) in [5.41, 5.74) is 7.84. The van der Waals surface area contributed by atoms with Gasteiger partial charge in [0.2, 0.25) is 0 Å². The summed E-state index contributed by atoms with van der Waals surface area (Å²) in [4.78, 5) is 31.7. The van der Waals surface area contributed by atoms with Crippen LogP contribution in [0, 0.1) is 25.3 Å². The molecule has 2 aromatic rings. The van der Waals surface area contributed by atoms with Gasteiger partial charge >= 0.3 is 0 Å². The molecule has 2 aromatic carbocycles. The average Bonchev–Trinajstić information content (AvgIpc) is 3.18. The molecule has 3 N–H and O–H groups in total. The molecule has 7 nitrogen and oxygen atoms in total. The third kappa shape index (κ3) is 3.61. The summed E-state index contributed by atoms with van der Waals surface area (Å²) in [7, 11) is 0. The van der Waals surface area contributed by atoms with E-state index in [4.69, 9.17) is 11.1 Å². The van der Waals surface area contributed by atoms with Gasteiger partial charge in [-0.2, -0.15) is 0 Å². The number of nitrogen functional groups attached to an aromatic ring is 1. The Kier molecular flexibility index (Phi) is 5.46. The van der Waals surface area contributed by atoms with Crippen LogP contribution in [0.2, 0.25) is 0 Å². The lowest BCUT2D eigenvalue weighted by molar-refractivity contribution is -0.209. The highest BCUT2D eigenvalue weighted by Crippen LogP contribution is 2.28. The highest BCUT2D eigenvalue weighted by molar-refractivity contribution is 6.05. The number of Topliss-reactive ketones (excluding diaryl/α,β-unsaturated/α-hetero) is 1. The lowest BCUT2D eigenvalue weighted by atomic mass is 9.95. The van der Waals surface area contributed by atoms with Gasteiger partial charge in [-0.25, -0.2) is 0 Å². The van der Waals surface area contributed by atoms with E-state index >= 15 is 0 Å². The number of aryl methyl sites for hydroxylation is 2. The maximum atomic E-state index is 13.1. The van der Waals surface area contributed by atoms with E-state index in [1.807, 2.05) is 0 Å². The molecular weight excluding hydrogens is 358 g/mol. The van der Waals surface area contributed by atoms with Gasteiger partial charge in [0, 0.05) is 40.1 Å². The molecule has 7 heteroatoms. The molecule has 0 saturated carbocycles. The number of amidine groups is 1. The van der Waals surface area contributed by atoms with Gasteiger partial charge in [0.05, 0.1) is 6.04 Å². The number of nitrogens with one attached hydrogen (secondary N) is 1. The van der Waals surface area contributed by atoms with Crippen LogP contribution in [0.5, 0.6) is 5.75 Å². The number of hydrogen-bond donors (Lipinski definition) is 2. The quantitative estimate of drug-likeness (QED) is 0.273. The molecule has 1 fully saturated rings. The van der Waals surface area contributed by atoms with E-state index < -0.39 is 6.04 Å². The Balaban J connectivity index is 1.86. The first kappa shape index (κ1) is 19.6. The molecule has 144 valence electrons. The first-order valence-electron chi connectivity index (χ1n) is 8.96. The highest BCUT2D eigenvalue weighted by Gasteiger charge is 2.35. The fourth-order valence-corrected chi connectivity index (χ4v) is 3.47. The maximum absolute atomic E-state index is 13.1. The van der Waals surface area contributed by atoms with Gasteiger partial charge in [0.25, 0.3) is 5.91 Å². The van der Waals surface area contributed by atoms with Crippen LogP contribution in [0.1, 0.15) is 50.2 Å². The van der Waals surface area contributed by atoms with Crippen molar-refractivity contribution in [3.8, 4) is 5.75 Å². The minimum atomic E-state index is -0.576. The molecule has 1 heterocycles. The zero-order chi connectivity index (χ0) is 20.4. The molecule has 1 unspecified atom stereocenters. The lowest BCUT2D eigenvalue weighted by Gasteiger charge is -2.24. The van der Waals surface area contributed by atoms with E-state index in [9.17, 15) is 14.8 Å². The van der Waals surface area contributed by atoms with Gasteiger partial charge in [0.1, 0.15) is 5.84 Å². The zero-order valence-electron chi connectivity index (χ0n) is 15.7. The number of hydrogen-bond acceptors (Lipinski definition) is 4.